The molecule has 1 fully saturated rings. The lowest BCUT2D eigenvalue weighted by Gasteiger charge is -2.22. The van der Waals surface area contributed by atoms with Crippen molar-refractivity contribution in [2.45, 2.75) is 43.9 Å². The van der Waals surface area contributed by atoms with Crippen LogP contribution in [0.3, 0.4) is 0 Å². The van der Waals surface area contributed by atoms with Crippen LogP contribution in [-0.2, 0) is 6.42 Å². The molecule has 0 spiro atoms. The first-order valence-corrected chi connectivity index (χ1v) is 6.72. The summed E-state index contributed by atoms with van der Waals surface area (Å²) >= 11 is 1.03. The van der Waals surface area contributed by atoms with Crippen molar-refractivity contribution in [1.29, 1.82) is 0 Å². The van der Waals surface area contributed by atoms with Crippen LogP contribution < -0.4 is 0 Å². The lowest BCUT2D eigenvalue weighted by Crippen LogP contribution is -2.30. The van der Waals surface area contributed by atoms with Gasteiger partial charge >= 0.3 is 6.18 Å². The number of hydrogen-bond acceptors (Lipinski definition) is 5. The molecule has 0 aliphatic heterocycles. The van der Waals surface area contributed by atoms with Crippen LogP contribution in [0, 0.1) is 0 Å². The predicted octanol–water partition coefficient (Wildman–Crippen LogP) is 1.92. The van der Waals surface area contributed by atoms with E-state index in [9.17, 15) is 13.2 Å². The Labute approximate surface area is 110 Å². The molecule has 2 aromatic heterocycles. The Morgan fingerprint density at radius 2 is 2.11 bits per heavy atom. The van der Waals surface area contributed by atoms with Crippen molar-refractivity contribution in [3.8, 4) is 0 Å². The summed E-state index contributed by atoms with van der Waals surface area (Å²) in [7, 11) is 0. The highest BCUT2D eigenvalue weighted by atomic mass is 32.1. The van der Waals surface area contributed by atoms with Crippen molar-refractivity contribution in [3.05, 3.63) is 10.8 Å². The molecule has 0 amide bonds. The van der Waals surface area contributed by atoms with Crippen molar-refractivity contribution in [3.63, 3.8) is 0 Å². The third-order valence-electron chi connectivity index (χ3n) is 3.27. The molecule has 1 N–H and O–H groups in total. The minimum atomic E-state index is -4.62. The molecular weight excluding hydrogens is 281 g/mol. The van der Waals surface area contributed by atoms with Gasteiger partial charge in [-0.2, -0.15) is 22.8 Å². The minimum absolute atomic E-state index is 0.218. The number of rotatable bonds is 3. The Morgan fingerprint density at radius 1 is 1.37 bits per heavy atom. The van der Waals surface area contributed by atoms with Crippen LogP contribution in [0.25, 0.3) is 4.96 Å². The van der Waals surface area contributed by atoms with Gasteiger partial charge in [0.25, 0.3) is 0 Å². The molecular formula is C10H11F3N4OS. The van der Waals surface area contributed by atoms with Gasteiger partial charge < -0.3 is 5.11 Å². The summed E-state index contributed by atoms with van der Waals surface area (Å²) in [6.45, 7) is 0. The van der Waals surface area contributed by atoms with Gasteiger partial charge in [-0.15, -0.1) is 10.2 Å². The largest absolute Gasteiger partial charge is 0.414 e. The first kappa shape index (κ1) is 12.8. The van der Waals surface area contributed by atoms with Gasteiger partial charge in [-0.05, 0) is 12.8 Å². The van der Waals surface area contributed by atoms with Gasteiger partial charge in [0.15, 0.2) is 11.9 Å². The number of halogens is 3. The molecule has 0 bridgehead atoms. The van der Waals surface area contributed by atoms with Gasteiger partial charge in [-0.3, -0.25) is 0 Å². The van der Waals surface area contributed by atoms with Gasteiger partial charge in [0.1, 0.15) is 5.01 Å². The zero-order valence-electron chi connectivity index (χ0n) is 9.76. The maximum Gasteiger partial charge on any atom is 0.414 e. The van der Waals surface area contributed by atoms with E-state index in [0.717, 1.165) is 30.6 Å². The highest BCUT2D eigenvalue weighted by Gasteiger charge is 2.39. The van der Waals surface area contributed by atoms with E-state index >= 15 is 0 Å². The number of aliphatic hydroxyl groups excluding tert-OH is 1. The van der Waals surface area contributed by atoms with Gasteiger partial charge in [0.2, 0.25) is 4.96 Å². The van der Waals surface area contributed by atoms with E-state index in [4.69, 9.17) is 5.11 Å². The van der Waals surface area contributed by atoms with E-state index in [1.807, 2.05) is 0 Å². The van der Waals surface area contributed by atoms with Gasteiger partial charge in [0.05, 0.1) is 0 Å². The molecule has 0 radical (unpaired) electrons. The summed E-state index contributed by atoms with van der Waals surface area (Å²) in [4.78, 5) is 0.478. The van der Waals surface area contributed by atoms with E-state index in [2.05, 4.69) is 15.3 Å². The Bertz CT molecular complexity index is 589. The molecule has 2 aromatic rings. The highest BCUT2D eigenvalue weighted by molar-refractivity contribution is 7.16. The van der Waals surface area contributed by atoms with Crippen molar-refractivity contribution in [2.75, 3.05) is 0 Å². The summed E-state index contributed by atoms with van der Waals surface area (Å²) in [5, 5.41) is 21.3. The number of aromatic nitrogens is 4. The van der Waals surface area contributed by atoms with E-state index < -0.39 is 18.7 Å². The number of aliphatic hydroxyl groups is 1. The van der Waals surface area contributed by atoms with Crippen LogP contribution in [0.4, 0.5) is 13.2 Å². The average Bonchev–Trinajstić information content (AvgIpc) is 2.76. The van der Waals surface area contributed by atoms with Crippen LogP contribution >= 0.6 is 11.3 Å². The lowest BCUT2D eigenvalue weighted by molar-refractivity contribution is -0.203. The van der Waals surface area contributed by atoms with Crippen molar-refractivity contribution < 1.29 is 18.3 Å². The van der Waals surface area contributed by atoms with Crippen LogP contribution in [-0.4, -0.2) is 37.2 Å². The molecule has 1 atom stereocenters. The van der Waals surface area contributed by atoms with Gasteiger partial charge in [-0.1, -0.05) is 17.8 Å². The Morgan fingerprint density at radius 3 is 2.68 bits per heavy atom. The first-order chi connectivity index (χ1) is 8.95. The lowest BCUT2D eigenvalue weighted by atomic mass is 9.85. The van der Waals surface area contributed by atoms with E-state index in [1.54, 1.807) is 0 Å². The predicted molar refractivity (Wildman–Crippen MR) is 61.0 cm³/mol. The zero-order chi connectivity index (χ0) is 13.6. The van der Waals surface area contributed by atoms with Crippen molar-refractivity contribution in [2.24, 2.45) is 0 Å². The van der Waals surface area contributed by atoms with Crippen LogP contribution in [0.5, 0.6) is 0 Å². The number of alkyl halides is 3. The Kier molecular flexibility index (Phi) is 2.97. The van der Waals surface area contributed by atoms with E-state index in [-0.39, 0.29) is 5.01 Å². The summed E-state index contributed by atoms with van der Waals surface area (Å²) < 4.78 is 38.3. The topological polar surface area (TPSA) is 63.3 Å². The molecule has 104 valence electrons. The standard InChI is InChI=1S/C10H11F3N4OS/c11-10(12,13)6(18)4-7-16-17-8(5-2-1-3-5)14-15-9(17)19-7/h5-6,18H,1-4H2. The summed E-state index contributed by atoms with van der Waals surface area (Å²) in [5.74, 6) is 1.02. The first-order valence-electron chi connectivity index (χ1n) is 5.91. The minimum Gasteiger partial charge on any atom is -0.383 e. The molecule has 3 rings (SSSR count). The zero-order valence-corrected chi connectivity index (χ0v) is 10.6. The summed E-state index contributed by atoms with van der Waals surface area (Å²) in [5.41, 5.74) is 0. The van der Waals surface area contributed by atoms with Crippen LogP contribution in [0.2, 0.25) is 0 Å². The van der Waals surface area contributed by atoms with E-state index in [0.29, 0.717) is 16.7 Å². The van der Waals surface area contributed by atoms with Crippen molar-refractivity contribution >= 4 is 16.3 Å². The highest BCUT2D eigenvalue weighted by Crippen LogP contribution is 2.36. The van der Waals surface area contributed by atoms with Crippen LogP contribution in [0.1, 0.15) is 36.0 Å². The molecule has 1 unspecified atom stereocenters. The maximum atomic E-state index is 12.3. The average molecular weight is 292 g/mol. The van der Waals surface area contributed by atoms with Gasteiger partial charge in [-0.25, -0.2) is 0 Å². The second-order valence-corrected chi connectivity index (χ2v) is 5.68. The fourth-order valence-electron chi connectivity index (χ4n) is 1.96. The third kappa shape index (κ3) is 2.32. The summed E-state index contributed by atoms with van der Waals surface area (Å²) in [6.07, 6.45) is -4.39. The monoisotopic (exact) mass is 292 g/mol. The number of fused-ring (bicyclic) bond motifs is 1. The fourth-order valence-corrected chi connectivity index (χ4v) is 2.83. The molecule has 19 heavy (non-hydrogen) atoms. The van der Waals surface area contributed by atoms with Gasteiger partial charge in [0, 0.05) is 12.3 Å². The molecule has 5 nitrogen and oxygen atoms in total. The van der Waals surface area contributed by atoms with E-state index in [1.165, 1.54) is 4.52 Å². The second-order valence-electron chi connectivity index (χ2n) is 4.64. The quantitative estimate of drug-likeness (QED) is 0.938. The van der Waals surface area contributed by atoms with Crippen molar-refractivity contribution in [1.82, 2.24) is 19.8 Å². The smallest absolute Gasteiger partial charge is 0.383 e. The molecule has 1 aliphatic rings. The fraction of sp³-hybridized carbons (Fsp3) is 0.700. The van der Waals surface area contributed by atoms with Crippen LogP contribution in [0.15, 0.2) is 0 Å². The summed E-state index contributed by atoms with van der Waals surface area (Å²) in [6, 6.07) is 0. The molecule has 1 saturated carbocycles. The molecule has 9 heteroatoms. The molecule has 2 heterocycles. The normalized spacial score (nSPS) is 18.7. The number of nitrogens with zero attached hydrogens (tertiary/aromatic N) is 4. The Balaban J connectivity index is 1.84. The number of hydrogen-bond donors (Lipinski definition) is 1. The third-order valence-corrected chi connectivity index (χ3v) is 4.19. The molecule has 0 aromatic carbocycles. The Hall–Kier alpha value is -1.22. The molecule has 1 aliphatic carbocycles. The SMILES string of the molecule is OC(Cc1nn2c(C3CCC3)nnc2s1)C(F)(F)F. The maximum absolute atomic E-state index is 12.3. The molecule has 0 saturated heterocycles. The second kappa shape index (κ2) is 4.41.